The standard InChI is InChI=1S/C16H17F2N5OS/c1-23-16-9(13(22-23)14(17)18)6-11(25-16)15(24)19-12-7-10(20-21-12)8-4-2-3-5-8/h6-8,14H,2-5H2,1H3,(H2,19,20,21,24). The molecule has 9 heteroatoms. The molecule has 0 bridgehead atoms. The second-order valence-electron chi connectivity index (χ2n) is 6.28. The molecule has 6 nitrogen and oxygen atoms in total. The highest BCUT2D eigenvalue weighted by molar-refractivity contribution is 7.20. The molecule has 0 unspecified atom stereocenters. The van der Waals surface area contributed by atoms with Crippen LogP contribution in [-0.4, -0.2) is 25.9 Å². The molecule has 1 aliphatic carbocycles. The number of anilines is 1. The molecule has 25 heavy (non-hydrogen) atoms. The first-order valence-corrected chi connectivity index (χ1v) is 8.96. The number of carbonyl (C=O) groups excluding carboxylic acids is 1. The van der Waals surface area contributed by atoms with E-state index in [0.29, 0.717) is 26.8 Å². The molecule has 1 aliphatic rings. The Morgan fingerprint density at radius 3 is 2.88 bits per heavy atom. The molecular weight excluding hydrogens is 348 g/mol. The number of hydrogen-bond acceptors (Lipinski definition) is 4. The Kier molecular flexibility index (Phi) is 4.03. The van der Waals surface area contributed by atoms with Gasteiger partial charge in [0, 0.05) is 30.1 Å². The number of alkyl halides is 2. The van der Waals surface area contributed by atoms with Gasteiger partial charge in [0.1, 0.15) is 10.5 Å². The molecule has 1 saturated carbocycles. The van der Waals surface area contributed by atoms with Crippen LogP contribution in [0, 0.1) is 0 Å². The molecule has 0 spiro atoms. The summed E-state index contributed by atoms with van der Waals surface area (Å²) >= 11 is 1.14. The number of nitrogens with zero attached hydrogens (tertiary/aromatic N) is 3. The van der Waals surface area contributed by atoms with Crippen molar-refractivity contribution in [3.63, 3.8) is 0 Å². The summed E-state index contributed by atoms with van der Waals surface area (Å²) in [6.45, 7) is 0. The van der Waals surface area contributed by atoms with Gasteiger partial charge in [-0.1, -0.05) is 12.8 Å². The summed E-state index contributed by atoms with van der Waals surface area (Å²) in [7, 11) is 1.59. The van der Waals surface area contributed by atoms with Crippen molar-refractivity contribution < 1.29 is 13.6 Å². The highest BCUT2D eigenvalue weighted by Crippen LogP contribution is 2.35. The number of fused-ring (bicyclic) bond motifs is 1. The molecule has 0 aliphatic heterocycles. The lowest BCUT2D eigenvalue weighted by molar-refractivity contribution is 0.103. The topological polar surface area (TPSA) is 75.6 Å². The highest BCUT2D eigenvalue weighted by Gasteiger charge is 2.23. The van der Waals surface area contributed by atoms with E-state index in [1.54, 1.807) is 7.05 Å². The van der Waals surface area contributed by atoms with Gasteiger partial charge >= 0.3 is 0 Å². The summed E-state index contributed by atoms with van der Waals surface area (Å²) in [5, 5.41) is 14.0. The fourth-order valence-electron chi connectivity index (χ4n) is 3.36. The van der Waals surface area contributed by atoms with Crippen LogP contribution >= 0.6 is 11.3 Å². The Bertz CT molecular complexity index is 922. The zero-order valence-electron chi connectivity index (χ0n) is 13.6. The van der Waals surface area contributed by atoms with Crippen LogP contribution in [0.4, 0.5) is 14.6 Å². The molecule has 3 aromatic rings. The minimum Gasteiger partial charge on any atom is -0.304 e. The van der Waals surface area contributed by atoms with Crippen molar-refractivity contribution >= 4 is 33.3 Å². The second kappa shape index (κ2) is 6.21. The van der Waals surface area contributed by atoms with Gasteiger partial charge in [0.15, 0.2) is 5.82 Å². The minimum atomic E-state index is -2.67. The number of aromatic nitrogens is 4. The van der Waals surface area contributed by atoms with Crippen LogP contribution in [0.15, 0.2) is 12.1 Å². The van der Waals surface area contributed by atoms with Crippen molar-refractivity contribution in [1.82, 2.24) is 20.0 Å². The number of nitrogens with one attached hydrogen (secondary N) is 2. The van der Waals surface area contributed by atoms with Crippen molar-refractivity contribution in [2.75, 3.05) is 5.32 Å². The number of thiophene rings is 1. The van der Waals surface area contributed by atoms with Crippen LogP contribution in [0.1, 0.15) is 59.1 Å². The summed E-state index contributed by atoms with van der Waals surface area (Å²) in [6, 6.07) is 3.32. The fraction of sp³-hybridized carbons (Fsp3) is 0.438. The molecule has 1 amide bonds. The molecule has 2 N–H and O–H groups in total. The molecular formula is C16H17F2N5OS. The zero-order valence-corrected chi connectivity index (χ0v) is 14.4. The summed E-state index contributed by atoms with van der Waals surface area (Å²) in [5.41, 5.74) is 0.740. The average Bonchev–Trinajstić information content (AvgIpc) is 3.32. The lowest BCUT2D eigenvalue weighted by atomic mass is 10.0. The molecule has 132 valence electrons. The number of H-pyrrole nitrogens is 1. The van der Waals surface area contributed by atoms with Gasteiger partial charge in [-0.05, 0) is 18.9 Å². The highest BCUT2D eigenvalue weighted by atomic mass is 32.1. The number of carbonyl (C=O) groups is 1. The quantitative estimate of drug-likeness (QED) is 0.727. The van der Waals surface area contributed by atoms with E-state index >= 15 is 0 Å². The van der Waals surface area contributed by atoms with Crippen molar-refractivity contribution in [3.8, 4) is 0 Å². The molecule has 0 atom stereocenters. The van der Waals surface area contributed by atoms with E-state index in [-0.39, 0.29) is 11.6 Å². The predicted molar refractivity (Wildman–Crippen MR) is 91.3 cm³/mol. The summed E-state index contributed by atoms with van der Waals surface area (Å²) < 4.78 is 27.4. The summed E-state index contributed by atoms with van der Waals surface area (Å²) in [6.07, 6.45) is 2.03. The largest absolute Gasteiger partial charge is 0.304 e. The molecule has 3 aromatic heterocycles. The molecule has 0 radical (unpaired) electrons. The number of amides is 1. The Hall–Kier alpha value is -2.29. The van der Waals surface area contributed by atoms with Crippen LogP contribution in [0.2, 0.25) is 0 Å². The monoisotopic (exact) mass is 365 g/mol. The van der Waals surface area contributed by atoms with E-state index in [1.807, 2.05) is 6.07 Å². The lowest BCUT2D eigenvalue weighted by Gasteiger charge is -2.03. The minimum absolute atomic E-state index is 0.295. The van der Waals surface area contributed by atoms with Crippen molar-refractivity contribution in [3.05, 3.63) is 28.4 Å². The number of halogens is 2. The molecule has 4 rings (SSSR count). The predicted octanol–water partition coefficient (Wildman–Crippen LogP) is 4.21. The number of hydrogen-bond donors (Lipinski definition) is 2. The van der Waals surface area contributed by atoms with Gasteiger partial charge in [0.05, 0.1) is 4.88 Å². The Balaban J connectivity index is 1.55. The number of aryl methyl sites for hydroxylation is 1. The third kappa shape index (κ3) is 2.92. The van der Waals surface area contributed by atoms with E-state index < -0.39 is 6.43 Å². The maximum Gasteiger partial charge on any atom is 0.282 e. The van der Waals surface area contributed by atoms with Crippen molar-refractivity contribution in [1.29, 1.82) is 0 Å². The lowest BCUT2D eigenvalue weighted by Crippen LogP contribution is -2.10. The third-order valence-electron chi connectivity index (χ3n) is 4.60. The summed E-state index contributed by atoms with van der Waals surface area (Å²) in [5.74, 6) is 0.574. The molecule has 3 heterocycles. The zero-order chi connectivity index (χ0) is 17.6. The second-order valence-corrected chi connectivity index (χ2v) is 7.31. The molecule has 0 saturated heterocycles. The fourth-order valence-corrected chi connectivity index (χ4v) is 4.34. The molecule has 0 aromatic carbocycles. The third-order valence-corrected chi connectivity index (χ3v) is 5.81. The van der Waals surface area contributed by atoms with Crippen LogP contribution in [0.25, 0.3) is 10.2 Å². The Morgan fingerprint density at radius 2 is 2.16 bits per heavy atom. The van der Waals surface area contributed by atoms with Crippen molar-refractivity contribution in [2.24, 2.45) is 7.05 Å². The van der Waals surface area contributed by atoms with Crippen LogP contribution in [-0.2, 0) is 7.05 Å². The molecule has 1 fully saturated rings. The van der Waals surface area contributed by atoms with E-state index in [2.05, 4.69) is 20.6 Å². The average molecular weight is 365 g/mol. The van der Waals surface area contributed by atoms with Gasteiger partial charge in [-0.3, -0.25) is 14.6 Å². The van der Waals surface area contributed by atoms with Crippen LogP contribution in [0.5, 0.6) is 0 Å². The maximum atomic E-state index is 13.0. The van der Waals surface area contributed by atoms with Crippen molar-refractivity contribution in [2.45, 2.75) is 38.0 Å². The van der Waals surface area contributed by atoms with E-state index in [0.717, 1.165) is 29.9 Å². The van der Waals surface area contributed by atoms with Gasteiger partial charge < -0.3 is 5.32 Å². The van der Waals surface area contributed by atoms with Crippen LogP contribution < -0.4 is 5.32 Å². The van der Waals surface area contributed by atoms with Gasteiger partial charge in [0.25, 0.3) is 12.3 Å². The maximum absolute atomic E-state index is 13.0. The van der Waals surface area contributed by atoms with E-state index in [9.17, 15) is 13.6 Å². The Labute approximate surface area is 146 Å². The van der Waals surface area contributed by atoms with Gasteiger partial charge in [0.2, 0.25) is 0 Å². The van der Waals surface area contributed by atoms with Gasteiger partial charge in [-0.15, -0.1) is 11.3 Å². The smallest absolute Gasteiger partial charge is 0.282 e. The van der Waals surface area contributed by atoms with E-state index in [4.69, 9.17) is 0 Å². The normalized spacial score (nSPS) is 15.5. The van der Waals surface area contributed by atoms with Gasteiger partial charge in [-0.25, -0.2) is 8.78 Å². The first-order valence-electron chi connectivity index (χ1n) is 8.14. The SMILES string of the molecule is Cn1nc(C(F)F)c2cc(C(=O)Nc3cc(C4CCCC4)[nH]n3)sc21. The Morgan fingerprint density at radius 1 is 1.40 bits per heavy atom. The first-order chi connectivity index (χ1) is 12.0. The summed E-state index contributed by atoms with van der Waals surface area (Å²) in [4.78, 5) is 13.3. The van der Waals surface area contributed by atoms with Gasteiger partial charge in [-0.2, -0.15) is 10.2 Å². The van der Waals surface area contributed by atoms with Crippen LogP contribution in [0.3, 0.4) is 0 Å². The number of rotatable bonds is 4. The number of aromatic amines is 1. The first kappa shape index (κ1) is 16.2. The van der Waals surface area contributed by atoms with E-state index in [1.165, 1.54) is 23.6 Å².